The summed E-state index contributed by atoms with van der Waals surface area (Å²) in [6.45, 7) is 2.39. The summed E-state index contributed by atoms with van der Waals surface area (Å²) in [6.07, 6.45) is 0.879. The van der Waals surface area contributed by atoms with Gasteiger partial charge in [-0.15, -0.1) is 0 Å². The van der Waals surface area contributed by atoms with Crippen molar-refractivity contribution in [1.29, 1.82) is 0 Å². The van der Waals surface area contributed by atoms with Crippen molar-refractivity contribution in [3.63, 3.8) is 0 Å². The van der Waals surface area contributed by atoms with E-state index in [1.165, 1.54) is 0 Å². The molecule has 4 heteroatoms. The highest BCUT2D eigenvalue weighted by Crippen LogP contribution is 2.19. The Morgan fingerprint density at radius 1 is 1.06 bits per heavy atom. The van der Waals surface area contributed by atoms with Crippen LogP contribution in [0.3, 0.4) is 0 Å². The summed E-state index contributed by atoms with van der Waals surface area (Å²) < 4.78 is 15.9. The lowest BCUT2D eigenvalue weighted by Crippen LogP contribution is -2.10. The minimum Gasteiger partial charge on any atom is -0.493 e. The molecule has 0 saturated heterocycles. The van der Waals surface area contributed by atoms with Crippen LogP contribution in [0.5, 0.6) is 11.5 Å². The maximum atomic E-state index is 5.54. The summed E-state index contributed by atoms with van der Waals surface area (Å²) in [7, 11) is 1.68. The molecule has 1 aromatic carbocycles. The monoisotopic (exact) mass is 225 g/mol. The van der Waals surface area contributed by atoms with Crippen LogP contribution >= 0.6 is 0 Å². The lowest BCUT2D eigenvalue weighted by atomic mass is 10.3. The van der Waals surface area contributed by atoms with Crippen LogP contribution in [0, 0.1) is 0 Å². The van der Waals surface area contributed by atoms with E-state index in [1.54, 1.807) is 7.11 Å². The Kier molecular flexibility index (Phi) is 6.37. The average molecular weight is 225 g/mol. The van der Waals surface area contributed by atoms with E-state index in [1.807, 2.05) is 24.3 Å². The van der Waals surface area contributed by atoms with E-state index in [0.717, 1.165) is 17.9 Å². The largest absolute Gasteiger partial charge is 0.493 e. The molecule has 0 saturated carbocycles. The van der Waals surface area contributed by atoms with Gasteiger partial charge in [0.2, 0.25) is 0 Å². The SMILES string of the molecule is COCCCOc1cccc(OCCN)c1. The van der Waals surface area contributed by atoms with Gasteiger partial charge in [0.15, 0.2) is 0 Å². The van der Waals surface area contributed by atoms with Gasteiger partial charge < -0.3 is 19.9 Å². The maximum absolute atomic E-state index is 5.54. The van der Waals surface area contributed by atoms with Crippen molar-refractivity contribution in [3.8, 4) is 11.5 Å². The lowest BCUT2D eigenvalue weighted by Gasteiger charge is -2.08. The molecule has 0 aliphatic rings. The second-order valence-electron chi connectivity index (χ2n) is 3.31. The molecule has 0 aliphatic heterocycles. The third-order valence-electron chi connectivity index (χ3n) is 1.95. The molecular weight excluding hydrogens is 206 g/mol. The second kappa shape index (κ2) is 7.96. The van der Waals surface area contributed by atoms with Gasteiger partial charge >= 0.3 is 0 Å². The fraction of sp³-hybridized carbons (Fsp3) is 0.500. The smallest absolute Gasteiger partial charge is 0.123 e. The number of rotatable bonds is 8. The summed E-state index contributed by atoms with van der Waals surface area (Å²) in [5.74, 6) is 1.60. The predicted molar refractivity (Wildman–Crippen MR) is 63.0 cm³/mol. The normalized spacial score (nSPS) is 10.1. The van der Waals surface area contributed by atoms with E-state index < -0.39 is 0 Å². The number of ether oxygens (including phenoxy) is 3. The minimum atomic E-state index is 0.513. The summed E-state index contributed by atoms with van der Waals surface area (Å²) in [5.41, 5.74) is 5.36. The molecule has 4 nitrogen and oxygen atoms in total. The topological polar surface area (TPSA) is 53.7 Å². The molecule has 0 fully saturated rings. The van der Waals surface area contributed by atoms with Gasteiger partial charge in [0, 0.05) is 32.7 Å². The highest BCUT2D eigenvalue weighted by atomic mass is 16.5. The predicted octanol–water partition coefficient (Wildman–Crippen LogP) is 1.44. The lowest BCUT2D eigenvalue weighted by molar-refractivity contribution is 0.172. The van der Waals surface area contributed by atoms with E-state index in [-0.39, 0.29) is 0 Å². The molecule has 0 aliphatic carbocycles. The number of hydrogen-bond donors (Lipinski definition) is 1. The molecule has 0 atom stereocenters. The van der Waals surface area contributed by atoms with Gasteiger partial charge in [-0.2, -0.15) is 0 Å². The molecule has 0 heterocycles. The van der Waals surface area contributed by atoms with Crippen LogP contribution in [0.25, 0.3) is 0 Å². The summed E-state index contributed by atoms with van der Waals surface area (Å²) >= 11 is 0. The summed E-state index contributed by atoms with van der Waals surface area (Å²) in [5, 5.41) is 0. The van der Waals surface area contributed by atoms with Crippen molar-refractivity contribution in [2.45, 2.75) is 6.42 Å². The van der Waals surface area contributed by atoms with Crippen molar-refractivity contribution < 1.29 is 14.2 Å². The molecule has 0 unspecified atom stereocenters. The van der Waals surface area contributed by atoms with E-state index in [4.69, 9.17) is 19.9 Å². The van der Waals surface area contributed by atoms with Crippen molar-refractivity contribution in [3.05, 3.63) is 24.3 Å². The van der Waals surface area contributed by atoms with Gasteiger partial charge in [-0.3, -0.25) is 0 Å². The molecule has 2 N–H and O–H groups in total. The summed E-state index contributed by atoms with van der Waals surface area (Å²) in [4.78, 5) is 0. The molecule has 1 rings (SSSR count). The Balaban J connectivity index is 2.35. The van der Waals surface area contributed by atoms with Crippen molar-refractivity contribution in [2.75, 3.05) is 33.5 Å². The molecule has 0 amide bonds. The molecule has 0 aromatic heterocycles. The molecule has 0 radical (unpaired) electrons. The Labute approximate surface area is 96.3 Å². The molecule has 1 aromatic rings. The van der Waals surface area contributed by atoms with Crippen LogP contribution < -0.4 is 15.2 Å². The standard InChI is InChI=1S/C12H19NO3/c1-14-7-3-8-15-11-4-2-5-12(10-11)16-9-6-13/h2,4-5,10H,3,6-9,13H2,1H3. The first-order valence-electron chi connectivity index (χ1n) is 5.41. The van der Waals surface area contributed by atoms with Crippen LogP contribution in [-0.4, -0.2) is 33.5 Å². The zero-order chi connectivity index (χ0) is 11.6. The van der Waals surface area contributed by atoms with Crippen molar-refractivity contribution in [2.24, 2.45) is 5.73 Å². The first-order chi connectivity index (χ1) is 7.86. The number of methoxy groups -OCH3 is 1. The van der Waals surface area contributed by atoms with E-state index in [0.29, 0.717) is 26.4 Å². The number of nitrogens with two attached hydrogens (primary N) is 1. The number of benzene rings is 1. The molecule has 0 bridgehead atoms. The van der Waals surface area contributed by atoms with Crippen molar-refractivity contribution in [1.82, 2.24) is 0 Å². The Bertz CT molecular complexity index is 291. The average Bonchev–Trinajstić information content (AvgIpc) is 2.33. The van der Waals surface area contributed by atoms with Crippen molar-refractivity contribution >= 4 is 0 Å². The number of hydrogen-bond acceptors (Lipinski definition) is 4. The zero-order valence-electron chi connectivity index (χ0n) is 9.65. The quantitative estimate of drug-likeness (QED) is 0.680. The molecule has 16 heavy (non-hydrogen) atoms. The fourth-order valence-corrected chi connectivity index (χ4v) is 1.22. The van der Waals surface area contributed by atoms with Gasteiger partial charge in [-0.05, 0) is 12.1 Å². The van der Waals surface area contributed by atoms with Crippen LogP contribution in [-0.2, 0) is 4.74 Å². The van der Waals surface area contributed by atoms with E-state index in [9.17, 15) is 0 Å². The molecule has 90 valence electrons. The summed E-state index contributed by atoms with van der Waals surface area (Å²) in [6, 6.07) is 7.56. The molecular formula is C12H19NO3. The second-order valence-corrected chi connectivity index (χ2v) is 3.31. The first kappa shape index (κ1) is 12.8. The Hall–Kier alpha value is -1.26. The molecule has 0 spiro atoms. The Morgan fingerprint density at radius 3 is 2.38 bits per heavy atom. The third kappa shape index (κ3) is 5.00. The first-order valence-corrected chi connectivity index (χ1v) is 5.41. The van der Waals surface area contributed by atoms with E-state index in [2.05, 4.69) is 0 Å². The van der Waals surface area contributed by atoms with Crippen LogP contribution in [0.1, 0.15) is 6.42 Å². The van der Waals surface area contributed by atoms with Gasteiger partial charge in [0.1, 0.15) is 18.1 Å². The van der Waals surface area contributed by atoms with Gasteiger partial charge in [0.25, 0.3) is 0 Å². The highest BCUT2D eigenvalue weighted by Gasteiger charge is 1.97. The van der Waals surface area contributed by atoms with Gasteiger partial charge in [-0.1, -0.05) is 6.07 Å². The van der Waals surface area contributed by atoms with E-state index >= 15 is 0 Å². The highest BCUT2D eigenvalue weighted by molar-refractivity contribution is 5.32. The van der Waals surface area contributed by atoms with Gasteiger partial charge in [-0.25, -0.2) is 0 Å². The van der Waals surface area contributed by atoms with Crippen LogP contribution in [0.4, 0.5) is 0 Å². The maximum Gasteiger partial charge on any atom is 0.123 e. The third-order valence-corrected chi connectivity index (χ3v) is 1.95. The van der Waals surface area contributed by atoms with Gasteiger partial charge in [0.05, 0.1) is 6.61 Å². The Morgan fingerprint density at radius 2 is 1.75 bits per heavy atom. The van der Waals surface area contributed by atoms with Crippen LogP contribution in [0.2, 0.25) is 0 Å². The minimum absolute atomic E-state index is 0.513. The zero-order valence-corrected chi connectivity index (χ0v) is 9.65. The fourth-order valence-electron chi connectivity index (χ4n) is 1.22. The van der Waals surface area contributed by atoms with Crippen LogP contribution in [0.15, 0.2) is 24.3 Å².